The van der Waals surface area contributed by atoms with Gasteiger partial charge >= 0.3 is 12.1 Å². The number of carbonyl (C=O) groups is 1. The summed E-state index contributed by atoms with van der Waals surface area (Å²) in [6.07, 6.45) is 5.62. The summed E-state index contributed by atoms with van der Waals surface area (Å²) < 4.78 is 44.6. The highest BCUT2D eigenvalue weighted by Gasteiger charge is 2.30. The first-order chi connectivity index (χ1) is 17.9. The van der Waals surface area contributed by atoms with Crippen LogP contribution in [0, 0.1) is 6.92 Å². The van der Waals surface area contributed by atoms with E-state index in [0.29, 0.717) is 17.7 Å². The predicted octanol–water partition coefficient (Wildman–Crippen LogP) is 8.76. The quantitative estimate of drug-likeness (QED) is 0.231. The van der Waals surface area contributed by atoms with E-state index in [0.717, 1.165) is 70.9 Å². The molecule has 0 aliphatic carbocycles. The number of thiazole rings is 1. The number of carboxylic acids is 1. The van der Waals surface area contributed by atoms with Gasteiger partial charge < -0.3 is 9.84 Å². The smallest absolute Gasteiger partial charge is 0.416 e. The van der Waals surface area contributed by atoms with E-state index < -0.39 is 23.3 Å². The van der Waals surface area contributed by atoms with Gasteiger partial charge in [0, 0.05) is 16.9 Å². The number of benzene rings is 2. The minimum Gasteiger partial charge on any atom is -0.478 e. The summed E-state index contributed by atoms with van der Waals surface area (Å²) in [6.45, 7) is 7.06. The number of halogens is 3. The number of hydrogen-bond donors (Lipinski definition) is 1. The van der Waals surface area contributed by atoms with Crippen LogP contribution >= 0.6 is 11.3 Å². The Morgan fingerprint density at radius 2 is 1.79 bits per heavy atom. The molecule has 0 saturated carbocycles. The second-order valence-corrected chi connectivity index (χ2v) is 10.9. The van der Waals surface area contributed by atoms with E-state index in [1.54, 1.807) is 6.07 Å². The van der Waals surface area contributed by atoms with Crippen molar-refractivity contribution in [3.63, 3.8) is 0 Å². The Hall–Kier alpha value is -3.13. The number of rotatable bonds is 12. The van der Waals surface area contributed by atoms with Gasteiger partial charge in [0.1, 0.15) is 10.8 Å². The van der Waals surface area contributed by atoms with Crippen LogP contribution in [0.15, 0.2) is 48.5 Å². The number of carboxylic acid groups (broad SMARTS) is 1. The Labute approximate surface area is 226 Å². The molecule has 0 unspecified atom stereocenters. The summed E-state index contributed by atoms with van der Waals surface area (Å²) in [4.78, 5) is 17.3. The SMILES string of the molecule is CCCCCCc1nc(-c2ccc(C(F)(F)F)cc2)sc1CC=Cc1ccc(OC(C)(C)C(=O)O)c(C)c1. The highest BCUT2D eigenvalue weighted by atomic mass is 32.1. The first-order valence-corrected chi connectivity index (χ1v) is 13.6. The normalized spacial score (nSPS) is 12.3. The first kappa shape index (κ1) is 29.4. The highest BCUT2D eigenvalue weighted by Crippen LogP contribution is 2.34. The predicted molar refractivity (Wildman–Crippen MR) is 147 cm³/mol. The molecular weight excluding hydrogens is 511 g/mol. The molecule has 3 rings (SSSR count). The van der Waals surface area contributed by atoms with Crippen molar-refractivity contribution >= 4 is 23.4 Å². The molecule has 0 spiro atoms. The standard InChI is InChI=1S/C30H34F3NO3S/c1-5-6-7-8-11-24-26(38-27(34-24)22-14-16-23(17-15-22)30(31,32)33)12-9-10-21-13-18-25(20(2)19-21)37-29(3,4)28(35)36/h9-10,13-19H,5-8,11-12H2,1-4H3,(H,35,36). The van der Waals surface area contributed by atoms with Crippen LogP contribution in [0.5, 0.6) is 5.75 Å². The third-order valence-electron chi connectivity index (χ3n) is 6.20. The number of alkyl halides is 3. The molecule has 204 valence electrons. The Morgan fingerprint density at radius 1 is 1.08 bits per heavy atom. The third kappa shape index (κ3) is 7.93. The molecule has 1 N–H and O–H groups in total. The molecule has 0 fully saturated rings. The lowest BCUT2D eigenvalue weighted by atomic mass is 10.1. The van der Waals surface area contributed by atoms with Crippen molar-refractivity contribution in [3.05, 3.63) is 75.8 Å². The van der Waals surface area contributed by atoms with E-state index in [9.17, 15) is 23.1 Å². The second-order valence-electron chi connectivity index (χ2n) is 9.82. The van der Waals surface area contributed by atoms with Crippen molar-refractivity contribution in [2.24, 2.45) is 0 Å². The Kier molecular flexibility index (Phi) is 9.77. The molecule has 38 heavy (non-hydrogen) atoms. The molecule has 3 aromatic rings. The van der Waals surface area contributed by atoms with Crippen LogP contribution < -0.4 is 4.74 Å². The lowest BCUT2D eigenvalue weighted by Crippen LogP contribution is -2.38. The molecule has 4 nitrogen and oxygen atoms in total. The van der Waals surface area contributed by atoms with Gasteiger partial charge in [0.25, 0.3) is 0 Å². The Morgan fingerprint density at radius 3 is 2.39 bits per heavy atom. The zero-order chi connectivity index (χ0) is 27.9. The van der Waals surface area contributed by atoms with Crippen molar-refractivity contribution in [3.8, 4) is 16.3 Å². The van der Waals surface area contributed by atoms with E-state index >= 15 is 0 Å². The van der Waals surface area contributed by atoms with Crippen molar-refractivity contribution in [2.45, 2.75) is 78.0 Å². The summed E-state index contributed by atoms with van der Waals surface area (Å²) in [5, 5.41) is 10.0. The van der Waals surface area contributed by atoms with Crippen LogP contribution in [0.25, 0.3) is 16.6 Å². The minimum absolute atomic E-state index is 0.521. The third-order valence-corrected chi connectivity index (χ3v) is 7.37. The largest absolute Gasteiger partial charge is 0.478 e. The van der Waals surface area contributed by atoms with Gasteiger partial charge in [0.05, 0.1) is 11.3 Å². The van der Waals surface area contributed by atoms with Crippen LogP contribution in [0.2, 0.25) is 0 Å². The number of nitrogens with zero attached hydrogens (tertiary/aromatic N) is 1. The lowest BCUT2D eigenvalue weighted by Gasteiger charge is -2.22. The monoisotopic (exact) mass is 545 g/mol. The van der Waals surface area contributed by atoms with Gasteiger partial charge in [-0.2, -0.15) is 13.2 Å². The topological polar surface area (TPSA) is 59.4 Å². The van der Waals surface area contributed by atoms with Gasteiger partial charge in [0.2, 0.25) is 0 Å². The zero-order valence-electron chi connectivity index (χ0n) is 22.2. The fourth-order valence-corrected chi connectivity index (χ4v) is 4.98. The molecule has 0 aliphatic rings. The number of allylic oxidation sites excluding steroid dienone is 1. The van der Waals surface area contributed by atoms with E-state index in [4.69, 9.17) is 9.72 Å². The maximum absolute atomic E-state index is 13.0. The lowest BCUT2D eigenvalue weighted by molar-refractivity contribution is -0.152. The fourth-order valence-electron chi connectivity index (χ4n) is 3.89. The van der Waals surface area contributed by atoms with Gasteiger partial charge in [-0.1, -0.05) is 56.5 Å². The number of aryl methyl sites for hydroxylation is 2. The molecular formula is C30H34F3NO3S. The van der Waals surface area contributed by atoms with Crippen LogP contribution in [-0.2, 0) is 23.8 Å². The van der Waals surface area contributed by atoms with Gasteiger partial charge in [0.15, 0.2) is 5.60 Å². The summed E-state index contributed by atoms with van der Waals surface area (Å²) in [6, 6.07) is 10.8. The molecule has 0 amide bonds. The number of hydrogen-bond acceptors (Lipinski definition) is 4. The maximum Gasteiger partial charge on any atom is 0.416 e. The second kappa shape index (κ2) is 12.6. The highest BCUT2D eigenvalue weighted by molar-refractivity contribution is 7.15. The molecule has 0 saturated heterocycles. The number of unbranched alkanes of at least 4 members (excludes halogenated alkanes) is 3. The summed E-state index contributed by atoms with van der Waals surface area (Å²) >= 11 is 1.52. The van der Waals surface area contributed by atoms with Crippen molar-refractivity contribution < 1.29 is 27.8 Å². The summed E-state index contributed by atoms with van der Waals surface area (Å²) in [5.74, 6) is -0.515. The van der Waals surface area contributed by atoms with Gasteiger partial charge in [-0.25, -0.2) is 9.78 Å². The number of aliphatic carboxylic acids is 1. The van der Waals surface area contributed by atoms with Crippen molar-refractivity contribution in [1.82, 2.24) is 4.98 Å². The zero-order valence-corrected chi connectivity index (χ0v) is 23.0. The van der Waals surface area contributed by atoms with Crippen molar-refractivity contribution in [2.75, 3.05) is 0 Å². The first-order valence-electron chi connectivity index (χ1n) is 12.8. The molecule has 1 aromatic heterocycles. The average Bonchev–Trinajstić information content (AvgIpc) is 3.26. The minimum atomic E-state index is -4.36. The van der Waals surface area contributed by atoms with E-state index in [1.807, 2.05) is 25.1 Å². The Bertz CT molecular complexity index is 1260. The molecule has 8 heteroatoms. The molecule has 0 radical (unpaired) electrons. The number of ether oxygens (including phenoxy) is 1. The van der Waals surface area contributed by atoms with Gasteiger partial charge in [-0.15, -0.1) is 11.3 Å². The molecule has 1 heterocycles. The number of aromatic nitrogens is 1. The molecule has 2 aromatic carbocycles. The van der Waals surface area contributed by atoms with Crippen LogP contribution in [-0.4, -0.2) is 21.7 Å². The van der Waals surface area contributed by atoms with Crippen LogP contribution in [0.1, 0.15) is 73.7 Å². The van der Waals surface area contributed by atoms with Gasteiger partial charge in [-0.05, 0) is 69.0 Å². The maximum atomic E-state index is 13.0. The fraction of sp³-hybridized carbons (Fsp3) is 0.400. The summed E-state index contributed by atoms with van der Waals surface area (Å²) in [7, 11) is 0. The van der Waals surface area contributed by atoms with E-state index in [-0.39, 0.29) is 0 Å². The molecule has 0 bridgehead atoms. The van der Waals surface area contributed by atoms with Crippen molar-refractivity contribution in [1.29, 1.82) is 0 Å². The van der Waals surface area contributed by atoms with E-state index in [2.05, 4.69) is 13.0 Å². The van der Waals surface area contributed by atoms with E-state index in [1.165, 1.54) is 37.3 Å². The summed E-state index contributed by atoms with van der Waals surface area (Å²) in [5.41, 5.74) is 1.48. The van der Waals surface area contributed by atoms with Gasteiger partial charge in [-0.3, -0.25) is 0 Å². The molecule has 0 aliphatic heterocycles. The van der Waals surface area contributed by atoms with Crippen LogP contribution in [0.3, 0.4) is 0 Å². The van der Waals surface area contributed by atoms with Crippen LogP contribution in [0.4, 0.5) is 13.2 Å². The average molecular weight is 546 g/mol. The Balaban J connectivity index is 1.77. The molecule has 0 atom stereocenters.